The third-order valence-electron chi connectivity index (χ3n) is 2.87. The summed E-state index contributed by atoms with van der Waals surface area (Å²) in [5.41, 5.74) is 0.715. The highest BCUT2D eigenvalue weighted by atomic mass is 79.9. The van der Waals surface area contributed by atoms with Crippen LogP contribution in [0.4, 0.5) is 0 Å². The molecule has 0 N–H and O–H groups in total. The minimum Gasteiger partial charge on any atom is -0.494 e. The van der Waals surface area contributed by atoms with Crippen molar-refractivity contribution in [3.63, 3.8) is 0 Å². The summed E-state index contributed by atoms with van der Waals surface area (Å²) in [6.07, 6.45) is 1.10. The van der Waals surface area contributed by atoms with Crippen LogP contribution in [-0.4, -0.2) is 12.4 Å². The number of hydrogen-bond donors (Lipinski definition) is 0. The van der Waals surface area contributed by atoms with Gasteiger partial charge >= 0.3 is 0 Å². The zero-order valence-electron chi connectivity index (χ0n) is 11.1. The number of carbonyl (C=O) groups is 1. The lowest BCUT2D eigenvalue weighted by Crippen LogP contribution is -2.03. The molecule has 0 atom stereocenters. The van der Waals surface area contributed by atoms with Crippen molar-refractivity contribution in [2.75, 3.05) is 6.61 Å². The average molecular weight is 388 g/mol. The minimum absolute atomic E-state index is 0.111. The molecule has 0 saturated heterocycles. The maximum Gasteiger partial charge on any atom is 0.163 e. The van der Waals surface area contributed by atoms with E-state index in [-0.39, 0.29) is 5.78 Å². The van der Waals surface area contributed by atoms with Gasteiger partial charge < -0.3 is 4.74 Å². The van der Waals surface area contributed by atoms with E-state index in [0.29, 0.717) is 40.8 Å². The molecular weight excluding hydrogens is 375 g/mol. The standard InChI is InChI=1S/C16H13BrCl2O2/c17-12-5-3-11(4-6-12)16(20)2-1-9-21-13-7-8-14(18)15(19)10-13/h3-8,10H,1-2,9H2. The molecule has 110 valence electrons. The number of rotatable bonds is 6. The Morgan fingerprint density at radius 2 is 1.76 bits per heavy atom. The number of ketones is 1. The van der Waals surface area contributed by atoms with Crippen molar-refractivity contribution < 1.29 is 9.53 Å². The van der Waals surface area contributed by atoms with Crippen LogP contribution >= 0.6 is 39.1 Å². The Bertz CT molecular complexity index is 627. The second-order valence-corrected chi connectivity index (χ2v) is 6.19. The zero-order chi connectivity index (χ0) is 15.2. The first-order chi connectivity index (χ1) is 10.1. The van der Waals surface area contributed by atoms with Gasteiger partial charge in [-0.15, -0.1) is 0 Å². The zero-order valence-corrected chi connectivity index (χ0v) is 14.2. The van der Waals surface area contributed by atoms with Crippen molar-refractivity contribution >= 4 is 44.9 Å². The third-order valence-corrected chi connectivity index (χ3v) is 4.14. The van der Waals surface area contributed by atoms with E-state index in [0.717, 1.165) is 4.47 Å². The van der Waals surface area contributed by atoms with Crippen molar-refractivity contribution in [3.8, 4) is 5.75 Å². The molecular formula is C16H13BrCl2O2. The number of halogens is 3. The molecule has 0 aliphatic rings. The maximum atomic E-state index is 12.0. The average Bonchev–Trinajstić information content (AvgIpc) is 2.47. The molecule has 0 spiro atoms. The van der Waals surface area contributed by atoms with Crippen LogP contribution in [0.3, 0.4) is 0 Å². The van der Waals surface area contributed by atoms with E-state index in [1.54, 1.807) is 18.2 Å². The van der Waals surface area contributed by atoms with Gasteiger partial charge in [-0.25, -0.2) is 0 Å². The Kier molecular flexibility index (Phi) is 6.09. The van der Waals surface area contributed by atoms with Gasteiger partial charge in [-0.2, -0.15) is 0 Å². The Balaban J connectivity index is 1.77. The van der Waals surface area contributed by atoms with E-state index in [1.165, 1.54) is 0 Å². The van der Waals surface area contributed by atoms with Gasteiger partial charge in [0.1, 0.15) is 5.75 Å². The highest BCUT2D eigenvalue weighted by Crippen LogP contribution is 2.26. The van der Waals surface area contributed by atoms with Crippen LogP contribution in [0, 0.1) is 0 Å². The molecule has 21 heavy (non-hydrogen) atoms. The highest BCUT2D eigenvalue weighted by molar-refractivity contribution is 9.10. The smallest absolute Gasteiger partial charge is 0.163 e. The second kappa shape index (κ2) is 7.83. The van der Waals surface area contributed by atoms with Crippen LogP contribution in [0.5, 0.6) is 5.75 Å². The monoisotopic (exact) mass is 386 g/mol. The quantitative estimate of drug-likeness (QED) is 0.462. The summed E-state index contributed by atoms with van der Waals surface area (Å²) in [6, 6.07) is 12.5. The van der Waals surface area contributed by atoms with Gasteiger partial charge in [0.2, 0.25) is 0 Å². The molecule has 0 bridgehead atoms. The van der Waals surface area contributed by atoms with Crippen molar-refractivity contribution in [1.29, 1.82) is 0 Å². The molecule has 0 saturated carbocycles. The summed E-state index contributed by atoms with van der Waals surface area (Å²) in [7, 11) is 0. The second-order valence-electron chi connectivity index (χ2n) is 4.46. The van der Waals surface area contributed by atoms with E-state index >= 15 is 0 Å². The number of carbonyl (C=O) groups excluding carboxylic acids is 1. The molecule has 0 aliphatic heterocycles. The number of benzene rings is 2. The molecule has 0 aliphatic carbocycles. The van der Waals surface area contributed by atoms with Crippen molar-refractivity contribution in [3.05, 3.63) is 62.5 Å². The molecule has 0 unspecified atom stereocenters. The fourth-order valence-corrected chi connectivity index (χ4v) is 2.32. The predicted molar refractivity (Wildman–Crippen MR) is 89.7 cm³/mol. The summed E-state index contributed by atoms with van der Waals surface area (Å²) >= 11 is 15.1. The molecule has 0 radical (unpaired) electrons. The van der Waals surface area contributed by atoms with Crippen molar-refractivity contribution in [2.45, 2.75) is 12.8 Å². The molecule has 0 amide bonds. The van der Waals surface area contributed by atoms with Gasteiger partial charge in [0, 0.05) is 22.5 Å². The summed E-state index contributed by atoms with van der Waals surface area (Å²) in [5.74, 6) is 0.765. The fourth-order valence-electron chi connectivity index (χ4n) is 1.77. The first-order valence-electron chi connectivity index (χ1n) is 6.43. The normalized spacial score (nSPS) is 10.4. The third kappa shape index (κ3) is 5.03. The Hall–Kier alpha value is -1.03. The number of hydrogen-bond acceptors (Lipinski definition) is 2. The Morgan fingerprint density at radius 3 is 2.43 bits per heavy atom. The summed E-state index contributed by atoms with van der Waals surface area (Å²) in [5, 5.41) is 0.953. The fraction of sp³-hybridized carbons (Fsp3) is 0.188. The van der Waals surface area contributed by atoms with Crippen LogP contribution in [0.15, 0.2) is 46.9 Å². The lowest BCUT2D eigenvalue weighted by Gasteiger charge is -2.07. The molecule has 2 aromatic carbocycles. The molecule has 2 aromatic rings. The van der Waals surface area contributed by atoms with Crippen LogP contribution in [-0.2, 0) is 0 Å². The molecule has 2 rings (SSSR count). The van der Waals surface area contributed by atoms with Gasteiger partial charge in [0.25, 0.3) is 0 Å². The summed E-state index contributed by atoms with van der Waals surface area (Å²) in [6.45, 7) is 0.459. The van der Waals surface area contributed by atoms with Gasteiger partial charge in [-0.05, 0) is 30.7 Å². The molecule has 5 heteroatoms. The molecule has 0 fully saturated rings. The maximum absolute atomic E-state index is 12.0. The van der Waals surface area contributed by atoms with E-state index in [2.05, 4.69) is 15.9 Å². The predicted octanol–water partition coefficient (Wildman–Crippen LogP) is 5.80. The SMILES string of the molecule is O=C(CCCOc1ccc(Cl)c(Cl)c1)c1ccc(Br)cc1. The van der Waals surface area contributed by atoms with E-state index < -0.39 is 0 Å². The van der Waals surface area contributed by atoms with E-state index in [9.17, 15) is 4.79 Å². The van der Waals surface area contributed by atoms with Crippen LogP contribution < -0.4 is 4.74 Å². The lowest BCUT2D eigenvalue weighted by molar-refractivity contribution is 0.0973. The number of ether oxygens (including phenoxy) is 1. The largest absolute Gasteiger partial charge is 0.494 e. The Labute approximate surface area is 142 Å². The van der Waals surface area contributed by atoms with Crippen LogP contribution in [0.2, 0.25) is 10.0 Å². The molecule has 0 heterocycles. The van der Waals surface area contributed by atoms with E-state index in [4.69, 9.17) is 27.9 Å². The molecule has 0 aromatic heterocycles. The first kappa shape index (κ1) is 16.3. The minimum atomic E-state index is 0.111. The topological polar surface area (TPSA) is 26.3 Å². The summed E-state index contributed by atoms with van der Waals surface area (Å²) in [4.78, 5) is 12.0. The lowest BCUT2D eigenvalue weighted by atomic mass is 10.1. The number of Topliss-reactive ketones (excluding diaryl/α,β-unsaturated/α-hetero) is 1. The van der Waals surface area contributed by atoms with Crippen molar-refractivity contribution in [1.82, 2.24) is 0 Å². The summed E-state index contributed by atoms with van der Waals surface area (Å²) < 4.78 is 6.50. The molecule has 2 nitrogen and oxygen atoms in total. The van der Waals surface area contributed by atoms with Crippen molar-refractivity contribution in [2.24, 2.45) is 0 Å². The van der Waals surface area contributed by atoms with Gasteiger partial charge in [0.05, 0.1) is 16.7 Å². The van der Waals surface area contributed by atoms with E-state index in [1.807, 2.05) is 24.3 Å². The Morgan fingerprint density at radius 1 is 1.05 bits per heavy atom. The highest BCUT2D eigenvalue weighted by Gasteiger charge is 2.06. The van der Waals surface area contributed by atoms with Gasteiger partial charge in [-0.3, -0.25) is 4.79 Å². The van der Waals surface area contributed by atoms with Crippen LogP contribution in [0.25, 0.3) is 0 Å². The van der Waals surface area contributed by atoms with Gasteiger partial charge in [-0.1, -0.05) is 51.3 Å². The first-order valence-corrected chi connectivity index (χ1v) is 7.98. The van der Waals surface area contributed by atoms with Gasteiger partial charge in [0.15, 0.2) is 5.78 Å². The van der Waals surface area contributed by atoms with Crippen LogP contribution in [0.1, 0.15) is 23.2 Å².